The first kappa shape index (κ1) is 13.0. The molecule has 1 aliphatic rings. The summed E-state index contributed by atoms with van der Waals surface area (Å²) in [6.45, 7) is 1.92. The lowest BCUT2D eigenvalue weighted by atomic mass is 10.2. The minimum Gasteiger partial charge on any atom is -0.342 e. The second-order valence-electron chi connectivity index (χ2n) is 4.40. The number of rotatable bonds is 4. The van der Waals surface area contributed by atoms with Gasteiger partial charge in [-0.15, -0.1) is 0 Å². The quantitative estimate of drug-likeness (QED) is 0.886. The third kappa shape index (κ3) is 3.04. The molecule has 1 saturated heterocycles. The smallest absolute Gasteiger partial charge is 0.236 e. The second kappa shape index (κ2) is 5.91. The van der Waals surface area contributed by atoms with E-state index in [2.05, 4.69) is 5.32 Å². The Bertz CT molecular complexity index is 431. The van der Waals surface area contributed by atoms with Gasteiger partial charge in [-0.1, -0.05) is 12.1 Å². The molecule has 0 saturated carbocycles. The van der Waals surface area contributed by atoms with E-state index in [0.29, 0.717) is 0 Å². The van der Waals surface area contributed by atoms with Gasteiger partial charge in [-0.3, -0.25) is 4.79 Å². The fraction of sp³-hybridized carbons (Fsp3) is 0.462. The monoisotopic (exact) mass is 254 g/mol. The molecule has 1 aromatic rings. The van der Waals surface area contributed by atoms with Crippen LogP contribution >= 0.6 is 0 Å². The van der Waals surface area contributed by atoms with Gasteiger partial charge in [0.25, 0.3) is 0 Å². The normalized spacial score (nSPS) is 15.1. The van der Waals surface area contributed by atoms with Crippen LogP contribution in [0.3, 0.4) is 0 Å². The maximum absolute atomic E-state index is 13.3. The van der Waals surface area contributed by atoms with Gasteiger partial charge in [0.15, 0.2) is 11.6 Å². The lowest BCUT2D eigenvalue weighted by Crippen LogP contribution is -2.36. The van der Waals surface area contributed by atoms with E-state index in [9.17, 15) is 13.6 Å². The molecule has 0 aliphatic carbocycles. The largest absolute Gasteiger partial charge is 0.342 e. The summed E-state index contributed by atoms with van der Waals surface area (Å²) < 4.78 is 26.2. The SMILES string of the molecule is O=C(CNCc1cccc(F)c1F)N1CCCC1. The van der Waals surface area contributed by atoms with Crippen molar-refractivity contribution in [2.45, 2.75) is 19.4 Å². The highest BCUT2D eigenvalue weighted by Gasteiger charge is 2.17. The van der Waals surface area contributed by atoms with Crippen LogP contribution in [0.25, 0.3) is 0 Å². The minimum absolute atomic E-state index is 0.0179. The molecule has 0 aromatic heterocycles. The third-order valence-electron chi connectivity index (χ3n) is 3.08. The summed E-state index contributed by atoms with van der Waals surface area (Å²) in [7, 11) is 0. The molecule has 0 radical (unpaired) electrons. The van der Waals surface area contributed by atoms with Crippen LogP contribution in [0, 0.1) is 11.6 Å². The maximum Gasteiger partial charge on any atom is 0.236 e. The number of likely N-dealkylation sites (tertiary alicyclic amines) is 1. The minimum atomic E-state index is -0.861. The van der Waals surface area contributed by atoms with Crippen molar-refractivity contribution < 1.29 is 13.6 Å². The summed E-state index contributed by atoms with van der Waals surface area (Å²) in [6.07, 6.45) is 2.09. The van der Waals surface area contributed by atoms with Gasteiger partial charge in [-0.2, -0.15) is 0 Å². The Balaban J connectivity index is 1.81. The van der Waals surface area contributed by atoms with E-state index < -0.39 is 11.6 Å². The number of benzene rings is 1. The van der Waals surface area contributed by atoms with Gasteiger partial charge >= 0.3 is 0 Å². The fourth-order valence-electron chi connectivity index (χ4n) is 2.07. The van der Waals surface area contributed by atoms with Crippen LogP contribution in [-0.2, 0) is 11.3 Å². The average Bonchev–Trinajstić information content (AvgIpc) is 2.88. The van der Waals surface area contributed by atoms with Crippen LogP contribution in [-0.4, -0.2) is 30.4 Å². The highest BCUT2D eigenvalue weighted by Crippen LogP contribution is 2.11. The van der Waals surface area contributed by atoms with E-state index in [1.165, 1.54) is 12.1 Å². The first-order valence-corrected chi connectivity index (χ1v) is 6.10. The van der Waals surface area contributed by atoms with Crippen LogP contribution in [0.15, 0.2) is 18.2 Å². The Morgan fingerprint density at radius 3 is 2.72 bits per heavy atom. The molecule has 1 N–H and O–H groups in total. The Morgan fingerprint density at radius 1 is 1.28 bits per heavy atom. The Labute approximate surface area is 105 Å². The number of carbonyl (C=O) groups is 1. The number of nitrogens with zero attached hydrogens (tertiary/aromatic N) is 1. The molecule has 18 heavy (non-hydrogen) atoms. The van der Waals surface area contributed by atoms with Crippen LogP contribution in [0.1, 0.15) is 18.4 Å². The van der Waals surface area contributed by atoms with Gasteiger partial charge in [-0.05, 0) is 18.9 Å². The van der Waals surface area contributed by atoms with Gasteiger partial charge in [0.2, 0.25) is 5.91 Å². The molecule has 0 unspecified atom stereocenters. The van der Waals surface area contributed by atoms with Crippen molar-refractivity contribution >= 4 is 5.91 Å². The fourth-order valence-corrected chi connectivity index (χ4v) is 2.07. The molecular formula is C13H16F2N2O. The van der Waals surface area contributed by atoms with E-state index in [0.717, 1.165) is 32.0 Å². The summed E-state index contributed by atoms with van der Waals surface area (Å²) in [4.78, 5) is 13.5. The van der Waals surface area contributed by atoms with Crippen LogP contribution < -0.4 is 5.32 Å². The van der Waals surface area contributed by atoms with Gasteiger partial charge in [0, 0.05) is 25.2 Å². The van der Waals surface area contributed by atoms with Gasteiger partial charge in [0.1, 0.15) is 0 Å². The van der Waals surface area contributed by atoms with Crippen molar-refractivity contribution in [2.24, 2.45) is 0 Å². The zero-order valence-corrected chi connectivity index (χ0v) is 10.1. The molecule has 1 aromatic carbocycles. The molecule has 3 nitrogen and oxygen atoms in total. The Hall–Kier alpha value is -1.49. The van der Waals surface area contributed by atoms with Crippen molar-refractivity contribution in [2.75, 3.05) is 19.6 Å². The third-order valence-corrected chi connectivity index (χ3v) is 3.08. The Kier molecular flexibility index (Phi) is 4.25. The van der Waals surface area contributed by atoms with E-state index >= 15 is 0 Å². The molecule has 5 heteroatoms. The zero-order valence-electron chi connectivity index (χ0n) is 10.1. The molecule has 1 amide bonds. The number of nitrogens with one attached hydrogen (secondary N) is 1. The predicted molar refractivity (Wildman–Crippen MR) is 63.9 cm³/mol. The van der Waals surface area contributed by atoms with Crippen molar-refractivity contribution in [1.29, 1.82) is 0 Å². The van der Waals surface area contributed by atoms with Gasteiger partial charge < -0.3 is 10.2 Å². The number of amides is 1. The molecule has 1 fully saturated rings. The van der Waals surface area contributed by atoms with Crippen molar-refractivity contribution in [1.82, 2.24) is 10.2 Å². The molecule has 98 valence electrons. The standard InChI is InChI=1S/C13H16F2N2O/c14-11-5-3-4-10(13(11)15)8-16-9-12(18)17-6-1-2-7-17/h3-5,16H,1-2,6-9H2. The predicted octanol–water partition coefficient (Wildman–Crippen LogP) is 1.68. The topological polar surface area (TPSA) is 32.3 Å². The zero-order chi connectivity index (χ0) is 13.0. The molecule has 0 bridgehead atoms. The summed E-state index contributed by atoms with van der Waals surface area (Å²) in [5.74, 6) is -1.69. The van der Waals surface area contributed by atoms with Gasteiger partial charge in [-0.25, -0.2) is 8.78 Å². The highest BCUT2D eigenvalue weighted by atomic mass is 19.2. The van der Waals surface area contributed by atoms with E-state index in [1.54, 1.807) is 4.90 Å². The number of hydrogen-bond acceptors (Lipinski definition) is 2. The Morgan fingerprint density at radius 2 is 2.00 bits per heavy atom. The second-order valence-corrected chi connectivity index (χ2v) is 4.40. The van der Waals surface area contributed by atoms with Gasteiger partial charge in [0.05, 0.1) is 6.54 Å². The number of hydrogen-bond donors (Lipinski definition) is 1. The molecular weight excluding hydrogens is 238 g/mol. The van der Waals surface area contributed by atoms with Crippen LogP contribution in [0.2, 0.25) is 0 Å². The molecule has 0 atom stereocenters. The van der Waals surface area contributed by atoms with Crippen LogP contribution in [0.5, 0.6) is 0 Å². The van der Waals surface area contributed by atoms with Crippen LogP contribution in [0.4, 0.5) is 8.78 Å². The summed E-state index contributed by atoms with van der Waals surface area (Å²) in [6, 6.07) is 4.04. The summed E-state index contributed by atoms with van der Waals surface area (Å²) in [5.41, 5.74) is 0.240. The summed E-state index contributed by atoms with van der Waals surface area (Å²) in [5, 5.41) is 2.85. The summed E-state index contributed by atoms with van der Waals surface area (Å²) >= 11 is 0. The number of halogens is 2. The van der Waals surface area contributed by atoms with Crippen molar-refractivity contribution in [3.8, 4) is 0 Å². The highest BCUT2D eigenvalue weighted by molar-refractivity contribution is 5.78. The van der Waals surface area contributed by atoms with E-state index in [-0.39, 0.29) is 24.6 Å². The van der Waals surface area contributed by atoms with Crippen molar-refractivity contribution in [3.63, 3.8) is 0 Å². The van der Waals surface area contributed by atoms with Crippen molar-refractivity contribution in [3.05, 3.63) is 35.4 Å². The van der Waals surface area contributed by atoms with E-state index in [4.69, 9.17) is 0 Å². The van der Waals surface area contributed by atoms with E-state index in [1.807, 2.05) is 0 Å². The average molecular weight is 254 g/mol. The molecule has 0 spiro atoms. The molecule has 1 aliphatic heterocycles. The maximum atomic E-state index is 13.3. The lowest BCUT2D eigenvalue weighted by Gasteiger charge is -2.15. The molecule has 1 heterocycles. The molecule has 2 rings (SSSR count). The lowest BCUT2D eigenvalue weighted by molar-refractivity contribution is -0.129. The number of carbonyl (C=O) groups excluding carboxylic acids is 1. The first-order chi connectivity index (χ1) is 8.68. The first-order valence-electron chi connectivity index (χ1n) is 6.10.